The fraction of sp³-hybridized carbons (Fsp3) is 0.333. The molecule has 0 aliphatic rings. The van der Waals surface area contributed by atoms with Crippen LogP contribution in [-0.4, -0.2) is 16.7 Å². The van der Waals surface area contributed by atoms with Crippen LogP contribution in [0, 0.1) is 6.92 Å². The molecule has 0 atom stereocenters. The summed E-state index contributed by atoms with van der Waals surface area (Å²) < 4.78 is 5.24. The van der Waals surface area contributed by atoms with Crippen LogP contribution in [0.1, 0.15) is 17.0 Å². The summed E-state index contributed by atoms with van der Waals surface area (Å²) in [6, 6.07) is 8.85. The van der Waals surface area contributed by atoms with Crippen molar-refractivity contribution in [2.75, 3.05) is 11.9 Å². The van der Waals surface area contributed by atoms with Gasteiger partial charge in [-0.1, -0.05) is 34.9 Å². The van der Waals surface area contributed by atoms with Crippen LogP contribution in [0.15, 0.2) is 28.7 Å². The Morgan fingerprint density at radius 2 is 2.24 bits per heavy atom. The zero-order valence-electron chi connectivity index (χ0n) is 9.81. The number of rotatable bonds is 5. The van der Waals surface area contributed by atoms with E-state index in [9.17, 15) is 0 Å². The summed E-state index contributed by atoms with van der Waals surface area (Å²) in [6.45, 7) is 3.12. The Bertz CT molecular complexity index is 481. The van der Waals surface area contributed by atoms with Gasteiger partial charge in [0.15, 0.2) is 0 Å². The second-order valence-corrected chi connectivity index (χ2v) is 3.87. The first-order chi connectivity index (χ1) is 8.28. The zero-order chi connectivity index (χ0) is 12.1. The number of nitrogens with two attached hydrogens (primary N) is 1. The van der Waals surface area contributed by atoms with Gasteiger partial charge in [0, 0.05) is 6.54 Å². The van der Waals surface area contributed by atoms with Crippen LogP contribution in [0.5, 0.6) is 0 Å². The quantitative estimate of drug-likeness (QED) is 0.816. The average molecular weight is 232 g/mol. The molecule has 0 saturated carbocycles. The Balaban J connectivity index is 1.83. The molecule has 0 unspecified atom stereocenters. The molecule has 0 bridgehead atoms. The van der Waals surface area contributed by atoms with Crippen LogP contribution in [-0.2, 0) is 13.0 Å². The number of hydrogen-bond donors (Lipinski definition) is 2. The van der Waals surface area contributed by atoms with E-state index < -0.39 is 0 Å². The van der Waals surface area contributed by atoms with Crippen molar-refractivity contribution in [2.24, 2.45) is 5.73 Å². The van der Waals surface area contributed by atoms with Crippen molar-refractivity contribution < 1.29 is 4.42 Å². The lowest BCUT2D eigenvalue weighted by atomic mass is 10.1. The molecule has 0 saturated heterocycles. The lowest BCUT2D eigenvalue weighted by Gasteiger charge is -2.02. The topological polar surface area (TPSA) is 77.0 Å². The molecule has 5 nitrogen and oxygen atoms in total. The van der Waals surface area contributed by atoms with Gasteiger partial charge in [-0.3, -0.25) is 0 Å². The number of aryl methyl sites for hydroxylation is 1. The molecule has 2 rings (SSSR count). The van der Waals surface area contributed by atoms with Crippen molar-refractivity contribution in [2.45, 2.75) is 19.9 Å². The Kier molecular flexibility index (Phi) is 3.72. The summed E-state index contributed by atoms with van der Waals surface area (Å²) in [5, 5.41) is 10.7. The molecule has 0 aliphatic heterocycles. The second kappa shape index (κ2) is 5.45. The van der Waals surface area contributed by atoms with Gasteiger partial charge >= 0.3 is 6.01 Å². The van der Waals surface area contributed by atoms with E-state index in [1.54, 1.807) is 0 Å². The van der Waals surface area contributed by atoms with E-state index in [0.717, 1.165) is 13.0 Å². The van der Waals surface area contributed by atoms with Crippen LogP contribution in [0.25, 0.3) is 0 Å². The smallest absolute Gasteiger partial charge is 0.315 e. The van der Waals surface area contributed by atoms with Gasteiger partial charge in [0.05, 0.1) is 6.54 Å². The summed E-state index contributed by atoms with van der Waals surface area (Å²) in [5.41, 5.74) is 7.93. The molecule has 1 aromatic carbocycles. The maximum Gasteiger partial charge on any atom is 0.315 e. The summed E-state index contributed by atoms with van der Waals surface area (Å²) in [5.74, 6) is 0.447. The highest BCUT2D eigenvalue weighted by atomic mass is 16.4. The zero-order valence-corrected chi connectivity index (χ0v) is 9.81. The van der Waals surface area contributed by atoms with Crippen LogP contribution in [0.4, 0.5) is 6.01 Å². The standard InChI is InChI=1S/C12H16N4O/c1-9-3-2-4-10(7-9)5-6-14-12-16-15-11(8-13)17-12/h2-4,7H,5-6,8,13H2,1H3,(H,14,16). The van der Waals surface area contributed by atoms with E-state index in [2.05, 4.69) is 46.7 Å². The average Bonchev–Trinajstić information content (AvgIpc) is 2.77. The second-order valence-electron chi connectivity index (χ2n) is 3.87. The molecule has 0 aliphatic carbocycles. The van der Waals surface area contributed by atoms with Gasteiger partial charge in [0.1, 0.15) is 0 Å². The summed E-state index contributed by atoms with van der Waals surface area (Å²) >= 11 is 0. The summed E-state index contributed by atoms with van der Waals surface area (Å²) in [7, 11) is 0. The van der Waals surface area contributed by atoms with E-state index in [1.807, 2.05) is 0 Å². The van der Waals surface area contributed by atoms with Gasteiger partial charge in [0.25, 0.3) is 0 Å². The molecule has 5 heteroatoms. The molecule has 90 valence electrons. The number of aromatic nitrogens is 2. The van der Waals surface area contributed by atoms with Gasteiger partial charge in [-0.25, -0.2) is 0 Å². The van der Waals surface area contributed by atoms with Crippen molar-refractivity contribution in [1.82, 2.24) is 10.2 Å². The number of nitrogens with zero attached hydrogens (tertiary/aromatic N) is 2. The largest absolute Gasteiger partial charge is 0.407 e. The predicted octanol–water partition coefficient (Wildman–Crippen LogP) is 1.49. The minimum atomic E-state index is 0.270. The Hall–Kier alpha value is -1.88. The maximum atomic E-state index is 5.38. The summed E-state index contributed by atoms with van der Waals surface area (Å²) in [4.78, 5) is 0. The van der Waals surface area contributed by atoms with E-state index in [4.69, 9.17) is 10.2 Å². The van der Waals surface area contributed by atoms with Crippen LogP contribution in [0.2, 0.25) is 0 Å². The molecule has 2 aromatic rings. The number of nitrogens with one attached hydrogen (secondary N) is 1. The molecule has 3 N–H and O–H groups in total. The van der Waals surface area contributed by atoms with Crippen LogP contribution >= 0.6 is 0 Å². The third kappa shape index (κ3) is 3.29. The maximum absolute atomic E-state index is 5.38. The SMILES string of the molecule is Cc1cccc(CCNc2nnc(CN)o2)c1. The highest BCUT2D eigenvalue weighted by Crippen LogP contribution is 2.07. The molecular formula is C12H16N4O. The van der Waals surface area contributed by atoms with Crippen LogP contribution < -0.4 is 11.1 Å². The lowest BCUT2D eigenvalue weighted by molar-refractivity contribution is 0.507. The number of benzene rings is 1. The number of hydrogen-bond acceptors (Lipinski definition) is 5. The third-order valence-electron chi connectivity index (χ3n) is 2.41. The van der Waals surface area contributed by atoms with Crippen molar-refractivity contribution in [3.8, 4) is 0 Å². The monoisotopic (exact) mass is 232 g/mol. The Morgan fingerprint density at radius 3 is 2.94 bits per heavy atom. The first-order valence-electron chi connectivity index (χ1n) is 5.60. The fourth-order valence-electron chi connectivity index (χ4n) is 1.59. The minimum absolute atomic E-state index is 0.270. The summed E-state index contributed by atoms with van der Waals surface area (Å²) in [6.07, 6.45) is 0.919. The van der Waals surface area contributed by atoms with Gasteiger partial charge < -0.3 is 15.5 Å². The van der Waals surface area contributed by atoms with Gasteiger partial charge in [-0.2, -0.15) is 0 Å². The molecule has 0 spiro atoms. The molecule has 1 heterocycles. The minimum Gasteiger partial charge on any atom is -0.407 e. The van der Waals surface area contributed by atoms with Gasteiger partial charge in [0.2, 0.25) is 5.89 Å². The highest BCUT2D eigenvalue weighted by Gasteiger charge is 2.02. The first-order valence-corrected chi connectivity index (χ1v) is 5.60. The molecule has 1 aromatic heterocycles. The lowest BCUT2D eigenvalue weighted by Crippen LogP contribution is -2.05. The molecule has 17 heavy (non-hydrogen) atoms. The van der Waals surface area contributed by atoms with Crippen molar-refractivity contribution in [1.29, 1.82) is 0 Å². The molecular weight excluding hydrogens is 216 g/mol. The van der Waals surface area contributed by atoms with E-state index in [1.165, 1.54) is 11.1 Å². The van der Waals surface area contributed by atoms with Crippen molar-refractivity contribution in [3.05, 3.63) is 41.3 Å². The third-order valence-corrected chi connectivity index (χ3v) is 2.41. The molecule has 0 amide bonds. The van der Waals surface area contributed by atoms with Gasteiger partial charge in [-0.05, 0) is 18.9 Å². The predicted molar refractivity (Wildman–Crippen MR) is 65.6 cm³/mol. The van der Waals surface area contributed by atoms with E-state index in [-0.39, 0.29) is 6.54 Å². The Morgan fingerprint density at radius 1 is 1.35 bits per heavy atom. The fourth-order valence-corrected chi connectivity index (χ4v) is 1.59. The van der Waals surface area contributed by atoms with Crippen molar-refractivity contribution in [3.63, 3.8) is 0 Å². The molecule has 0 radical (unpaired) electrons. The van der Waals surface area contributed by atoms with E-state index >= 15 is 0 Å². The first kappa shape index (κ1) is 11.6. The number of anilines is 1. The normalized spacial score (nSPS) is 10.5. The van der Waals surface area contributed by atoms with Gasteiger partial charge in [-0.15, -0.1) is 5.10 Å². The highest BCUT2D eigenvalue weighted by molar-refractivity contribution is 5.24. The Labute approximate surface area is 100 Å². The van der Waals surface area contributed by atoms with E-state index in [0.29, 0.717) is 11.9 Å². The molecule has 0 fully saturated rings. The van der Waals surface area contributed by atoms with Crippen LogP contribution in [0.3, 0.4) is 0 Å². The van der Waals surface area contributed by atoms with Crippen molar-refractivity contribution >= 4 is 6.01 Å².